The predicted molar refractivity (Wildman–Crippen MR) is 117 cm³/mol. The van der Waals surface area contributed by atoms with Crippen molar-refractivity contribution in [2.45, 2.75) is 33.3 Å². The second kappa shape index (κ2) is 8.61. The summed E-state index contributed by atoms with van der Waals surface area (Å²) in [6.07, 6.45) is 0.448. The summed E-state index contributed by atoms with van der Waals surface area (Å²) in [6.45, 7) is 7.28. The van der Waals surface area contributed by atoms with Gasteiger partial charge in [0.05, 0.1) is 12.3 Å². The van der Waals surface area contributed by atoms with Crippen molar-refractivity contribution in [2.24, 2.45) is 0 Å². The second-order valence-corrected chi connectivity index (χ2v) is 7.44. The van der Waals surface area contributed by atoms with Gasteiger partial charge in [0.2, 0.25) is 5.88 Å². The summed E-state index contributed by atoms with van der Waals surface area (Å²) >= 11 is 0. The van der Waals surface area contributed by atoms with Crippen molar-refractivity contribution in [3.05, 3.63) is 75.1 Å². The largest absolute Gasteiger partial charge is 0.478 e. The molecule has 1 unspecified atom stereocenters. The summed E-state index contributed by atoms with van der Waals surface area (Å²) in [5.74, 6) is -0.476. The summed E-state index contributed by atoms with van der Waals surface area (Å²) in [4.78, 5) is 36.4. The number of aliphatic hydroxyl groups is 1. The number of rotatable bonds is 7. The van der Waals surface area contributed by atoms with Crippen LogP contribution in [0.25, 0.3) is 5.69 Å². The highest BCUT2D eigenvalue weighted by molar-refractivity contribution is 5.97. The number of nitrogens with one attached hydrogen (secondary N) is 2. The number of hydrogen-bond donors (Lipinski definition) is 3. The fourth-order valence-corrected chi connectivity index (χ4v) is 3.40. The van der Waals surface area contributed by atoms with Crippen molar-refractivity contribution in [2.75, 3.05) is 11.9 Å². The molecule has 0 saturated carbocycles. The van der Waals surface area contributed by atoms with Gasteiger partial charge in [-0.05, 0) is 63.1 Å². The standard InChI is InChI=1S/C23H25N3O5/c1-5-31-20-18(13-27)21(28)26(25-20)17-9-7-16(8-10-17)24-22(29)23(4,30)19-11-6-14(2)12-15(19)3/h6-13,25,30H,5H2,1-4H3,(H,24,29). The van der Waals surface area contributed by atoms with E-state index in [0.717, 1.165) is 11.1 Å². The highest BCUT2D eigenvalue weighted by Crippen LogP contribution is 2.27. The summed E-state index contributed by atoms with van der Waals surface area (Å²) in [7, 11) is 0. The van der Waals surface area contributed by atoms with E-state index < -0.39 is 17.1 Å². The molecule has 0 aliphatic rings. The zero-order valence-electron chi connectivity index (χ0n) is 17.9. The van der Waals surface area contributed by atoms with Crippen molar-refractivity contribution in [3.8, 4) is 11.6 Å². The minimum atomic E-state index is -1.72. The van der Waals surface area contributed by atoms with E-state index in [1.165, 1.54) is 11.6 Å². The molecule has 8 heteroatoms. The van der Waals surface area contributed by atoms with Crippen LogP contribution in [0, 0.1) is 13.8 Å². The van der Waals surface area contributed by atoms with Crippen molar-refractivity contribution in [3.63, 3.8) is 0 Å². The molecule has 0 saturated heterocycles. The molecular formula is C23H25N3O5. The number of aryl methyl sites for hydroxylation is 2. The maximum atomic E-state index is 12.8. The van der Waals surface area contributed by atoms with Gasteiger partial charge in [-0.1, -0.05) is 23.8 Å². The minimum Gasteiger partial charge on any atom is -0.478 e. The van der Waals surface area contributed by atoms with Crippen LogP contribution >= 0.6 is 0 Å². The number of amides is 1. The highest BCUT2D eigenvalue weighted by atomic mass is 16.5. The maximum Gasteiger partial charge on any atom is 0.285 e. The first-order chi connectivity index (χ1) is 14.7. The van der Waals surface area contributed by atoms with Crippen LogP contribution in [-0.2, 0) is 10.4 Å². The van der Waals surface area contributed by atoms with E-state index in [1.807, 2.05) is 26.0 Å². The molecule has 0 spiro atoms. The first-order valence-electron chi connectivity index (χ1n) is 9.84. The number of ether oxygens (including phenoxy) is 1. The van der Waals surface area contributed by atoms with Gasteiger partial charge in [0.15, 0.2) is 11.9 Å². The topological polar surface area (TPSA) is 113 Å². The van der Waals surface area contributed by atoms with Crippen LogP contribution in [0.5, 0.6) is 5.88 Å². The highest BCUT2D eigenvalue weighted by Gasteiger charge is 2.33. The van der Waals surface area contributed by atoms with E-state index in [-0.39, 0.29) is 11.4 Å². The van der Waals surface area contributed by atoms with Crippen molar-refractivity contribution in [1.82, 2.24) is 9.78 Å². The molecule has 31 heavy (non-hydrogen) atoms. The molecule has 1 aromatic heterocycles. The van der Waals surface area contributed by atoms with E-state index in [0.29, 0.717) is 29.8 Å². The normalized spacial score (nSPS) is 12.8. The molecule has 2 aromatic carbocycles. The van der Waals surface area contributed by atoms with E-state index >= 15 is 0 Å². The van der Waals surface area contributed by atoms with Gasteiger partial charge in [0.25, 0.3) is 11.5 Å². The maximum absolute atomic E-state index is 12.8. The Hall–Kier alpha value is -3.65. The van der Waals surface area contributed by atoms with E-state index in [4.69, 9.17) is 4.74 Å². The number of benzene rings is 2. The molecule has 0 aliphatic carbocycles. The van der Waals surface area contributed by atoms with Gasteiger partial charge in [0, 0.05) is 5.69 Å². The average Bonchev–Trinajstić information content (AvgIpc) is 3.03. The fourth-order valence-electron chi connectivity index (χ4n) is 3.40. The molecule has 162 valence electrons. The Balaban J connectivity index is 1.83. The molecule has 0 bridgehead atoms. The van der Waals surface area contributed by atoms with Crippen LogP contribution in [-0.4, -0.2) is 33.7 Å². The summed E-state index contributed by atoms with van der Waals surface area (Å²) in [5, 5.41) is 16.3. The third-order valence-corrected chi connectivity index (χ3v) is 5.03. The zero-order chi connectivity index (χ0) is 22.8. The Morgan fingerprint density at radius 3 is 2.48 bits per heavy atom. The lowest BCUT2D eigenvalue weighted by atomic mass is 9.90. The Kier molecular flexibility index (Phi) is 6.12. The number of aldehydes is 1. The average molecular weight is 423 g/mol. The van der Waals surface area contributed by atoms with Gasteiger partial charge in [-0.3, -0.25) is 19.5 Å². The molecular weight excluding hydrogens is 398 g/mol. The Bertz CT molecular complexity index is 1170. The third kappa shape index (κ3) is 4.29. The molecule has 0 radical (unpaired) electrons. The quantitative estimate of drug-likeness (QED) is 0.506. The van der Waals surface area contributed by atoms with E-state index in [2.05, 4.69) is 10.4 Å². The lowest BCUT2D eigenvalue weighted by molar-refractivity contribution is -0.133. The summed E-state index contributed by atoms with van der Waals surface area (Å²) in [6, 6.07) is 11.9. The SMILES string of the molecule is CCOc1[nH]n(-c2ccc(NC(=O)C(C)(O)c3ccc(C)cc3C)cc2)c(=O)c1C=O. The molecule has 3 rings (SSSR count). The van der Waals surface area contributed by atoms with Gasteiger partial charge in [-0.15, -0.1) is 0 Å². The number of hydrogen-bond acceptors (Lipinski definition) is 5. The minimum absolute atomic E-state index is 0.0938. The zero-order valence-corrected chi connectivity index (χ0v) is 17.9. The molecule has 3 N–H and O–H groups in total. The fraction of sp³-hybridized carbons (Fsp3) is 0.261. The van der Waals surface area contributed by atoms with Crippen LogP contribution in [0.4, 0.5) is 5.69 Å². The number of carbonyl (C=O) groups is 2. The first kappa shape index (κ1) is 22.0. The number of aromatic nitrogens is 2. The van der Waals surface area contributed by atoms with E-state index in [1.54, 1.807) is 37.3 Å². The van der Waals surface area contributed by atoms with Gasteiger partial charge in [-0.25, -0.2) is 4.68 Å². The molecule has 3 aromatic rings. The molecule has 1 amide bonds. The predicted octanol–water partition coefficient (Wildman–Crippen LogP) is 2.84. The van der Waals surface area contributed by atoms with Gasteiger partial charge < -0.3 is 15.2 Å². The number of carbonyl (C=O) groups excluding carboxylic acids is 2. The number of nitrogens with zero attached hydrogens (tertiary/aromatic N) is 1. The van der Waals surface area contributed by atoms with Crippen LogP contribution in [0.1, 0.15) is 40.9 Å². The molecule has 0 aliphatic heterocycles. The van der Waals surface area contributed by atoms with E-state index in [9.17, 15) is 19.5 Å². The number of H-pyrrole nitrogens is 1. The molecule has 1 heterocycles. The van der Waals surface area contributed by atoms with Crippen LogP contribution in [0.15, 0.2) is 47.3 Å². The summed E-state index contributed by atoms with van der Waals surface area (Å²) < 4.78 is 6.48. The Morgan fingerprint density at radius 1 is 1.23 bits per heavy atom. The van der Waals surface area contributed by atoms with Crippen LogP contribution in [0.3, 0.4) is 0 Å². The number of aromatic amines is 1. The Labute approximate surface area is 179 Å². The van der Waals surface area contributed by atoms with Crippen LogP contribution in [0.2, 0.25) is 0 Å². The monoisotopic (exact) mass is 423 g/mol. The first-order valence-corrected chi connectivity index (χ1v) is 9.84. The van der Waals surface area contributed by atoms with Gasteiger partial charge in [-0.2, -0.15) is 0 Å². The van der Waals surface area contributed by atoms with Crippen molar-refractivity contribution in [1.29, 1.82) is 0 Å². The van der Waals surface area contributed by atoms with Crippen LogP contribution < -0.4 is 15.6 Å². The lowest BCUT2D eigenvalue weighted by Crippen LogP contribution is -2.38. The second-order valence-electron chi connectivity index (χ2n) is 7.44. The van der Waals surface area contributed by atoms with Crippen molar-refractivity contribution < 1.29 is 19.4 Å². The Morgan fingerprint density at radius 2 is 1.90 bits per heavy atom. The molecule has 1 atom stereocenters. The molecule has 0 fully saturated rings. The van der Waals surface area contributed by atoms with Gasteiger partial charge >= 0.3 is 0 Å². The molecule has 8 nitrogen and oxygen atoms in total. The third-order valence-electron chi connectivity index (χ3n) is 5.03. The smallest absolute Gasteiger partial charge is 0.285 e. The lowest BCUT2D eigenvalue weighted by Gasteiger charge is -2.25. The van der Waals surface area contributed by atoms with Crippen molar-refractivity contribution >= 4 is 17.9 Å². The summed E-state index contributed by atoms with van der Waals surface area (Å²) in [5.41, 5.74) is 0.928. The number of anilines is 1. The van der Waals surface area contributed by atoms with Gasteiger partial charge in [0.1, 0.15) is 5.56 Å².